The fraction of sp³-hybridized carbons (Fsp3) is 1.00. The van der Waals surface area contributed by atoms with E-state index in [1.165, 1.54) is 232 Å². The summed E-state index contributed by atoms with van der Waals surface area (Å²) in [6.07, 6.45) is 49.2. The topological polar surface area (TPSA) is 59.0 Å². The minimum atomic E-state index is -3.87. The minimum absolute atomic E-state index is 0.319. The molecule has 1 unspecified atom stereocenters. The Morgan fingerprint density at radius 1 is 0.333 bits per heavy atom. The summed E-state index contributed by atoms with van der Waals surface area (Å²) in [6, 6.07) is 0. The Hall–Kier alpha value is 0.0700. The van der Waals surface area contributed by atoms with Crippen LogP contribution in [0.2, 0.25) is 0 Å². The van der Waals surface area contributed by atoms with Gasteiger partial charge in [0.2, 0.25) is 0 Å². The van der Waals surface area contributed by atoms with Crippen molar-refractivity contribution in [2.75, 3.05) is 32.8 Å². The summed E-state index contributed by atoms with van der Waals surface area (Å²) in [5.74, 6) is 0. The number of phosphoric acid groups is 1. The SMILES string of the molecule is CCCCCCCCCOP(=O)(O)OCCCCCCCCCCCCCCCCCCCCN(CCCCCCCC)CCCCCCCC. The normalized spacial score (nSPS) is 13.0. The van der Waals surface area contributed by atoms with E-state index in [0.29, 0.717) is 13.2 Å². The van der Waals surface area contributed by atoms with Gasteiger partial charge in [-0.3, -0.25) is 9.05 Å². The van der Waals surface area contributed by atoms with Gasteiger partial charge < -0.3 is 9.79 Å². The average Bonchev–Trinajstić information content (AvgIpc) is 3.12. The Labute approximate surface area is 321 Å². The smallest absolute Gasteiger partial charge is 0.303 e. The molecule has 5 nitrogen and oxygen atoms in total. The van der Waals surface area contributed by atoms with Crippen LogP contribution in [0.15, 0.2) is 0 Å². The molecule has 0 saturated carbocycles. The van der Waals surface area contributed by atoms with E-state index in [0.717, 1.165) is 25.7 Å². The van der Waals surface area contributed by atoms with Crippen molar-refractivity contribution in [3.8, 4) is 0 Å². The second kappa shape index (κ2) is 42.8. The highest BCUT2D eigenvalue weighted by atomic mass is 31.2. The molecule has 0 spiro atoms. The van der Waals surface area contributed by atoms with Crippen molar-refractivity contribution in [1.29, 1.82) is 0 Å². The molecule has 0 aromatic rings. The fourth-order valence-electron chi connectivity index (χ4n) is 7.29. The first kappa shape index (κ1) is 51.1. The molecule has 1 N–H and O–H groups in total. The molecule has 0 amide bonds. The van der Waals surface area contributed by atoms with Crippen molar-refractivity contribution in [3.05, 3.63) is 0 Å². The lowest BCUT2D eigenvalue weighted by molar-refractivity contribution is 0.145. The third-order valence-electron chi connectivity index (χ3n) is 10.8. The molecule has 0 bridgehead atoms. The molecule has 51 heavy (non-hydrogen) atoms. The Bertz CT molecular complexity index is 677. The van der Waals surface area contributed by atoms with Crippen LogP contribution in [0.3, 0.4) is 0 Å². The molecule has 0 aromatic carbocycles. The predicted molar refractivity (Wildman–Crippen MR) is 226 cm³/mol. The van der Waals surface area contributed by atoms with Gasteiger partial charge in [0.05, 0.1) is 13.2 Å². The molecular weight excluding hydrogens is 649 g/mol. The highest BCUT2D eigenvalue weighted by molar-refractivity contribution is 7.47. The number of hydrogen-bond acceptors (Lipinski definition) is 4. The molecular formula is C45H94NO4P. The van der Waals surface area contributed by atoms with E-state index in [-0.39, 0.29) is 0 Å². The van der Waals surface area contributed by atoms with Crippen molar-refractivity contribution in [3.63, 3.8) is 0 Å². The standard InChI is InChI=1S/C45H94NO4P/c1-4-7-10-13-29-34-39-44-49-51(47,48)50-45-40-35-30-27-25-23-21-19-17-16-18-20-22-24-26-28-33-38-43-46(41-36-31-14-11-8-5-2)42-37-32-15-12-9-6-3/h4-45H2,1-3H3,(H,47,48). The summed E-state index contributed by atoms with van der Waals surface area (Å²) in [6.45, 7) is 11.5. The lowest BCUT2D eigenvalue weighted by Gasteiger charge is -2.22. The van der Waals surface area contributed by atoms with Gasteiger partial charge in [0.15, 0.2) is 0 Å². The molecule has 1 atom stereocenters. The van der Waals surface area contributed by atoms with Gasteiger partial charge >= 0.3 is 7.82 Å². The maximum Gasteiger partial charge on any atom is 0.472 e. The highest BCUT2D eigenvalue weighted by Gasteiger charge is 2.20. The highest BCUT2D eigenvalue weighted by Crippen LogP contribution is 2.43. The van der Waals surface area contributed by atoms with Crippen LogP contribution in [0, 0.1) is 0 Å². The monoisotopic (exact) mass is 744 g/mol. The molecule has 0 rings (SSSR count). The lowest BCUT2D eigenvalue weighted by atomic mass is 10.0. The first-order valence-corrected chi connectivity index (χ1v) is 24.9. The zero-order chi connectivity index (χ0) is 37.2. The molecule has 0 saturated heterocycles. The van der Waals surface area contributed by atoms with E-state index in [2.05, 4.69) is 25.7 Å². The Balaban J connectivity index is 3.51. The maximum absolute atomic E-state index is 12.0. The van der Waals surface area contributed by atoms with Crippen LogP contribution in [-0.4, -0.2) is 42.6 Å². The van der Waals surface area contributed by atoms with Gasteiger partial charge in [0.1, 0.15) is 0 Å². The molecule has 0 aliphatic rings. The molecule has 0 aliphatic heterocycles. The molecule has 0 aromatic heterocycles. The zero-order valence-corrected chi connectivity index (χ0v) is 36.2. The van der Waals surface area contributed by atoms with E-state index in [1.54, 1.807) is 0 Å². The van der Waals surface area contributed by atoms with Crippen molar-refractivity contribution >= 4 is 7.82 Å². The van der Waals surface area contributed by atoms with Gasteiger partial charge in [0.25, 0.3) is 0 Å². The van der Waals surface area contributed by atoms with Crippen LogP contribution in [-0.2, 0) is 13.6 Å². The summed E-state index contributed by atoms with van der Waals surface area (Å²) in [7, 11) is -3.87. The van der Waals surface area contributed by atoms with E-state index >= 15 is 0 Å². The minimum Gasteiger partial charge on any atom is -0.303 e. The van der Waals surface area contributed by atoms with Crippen LogP contribution >= 0.6 is 7.82 Å². The first-order chi connectivity index (χ1) is 25.1. The second-order valence-corrected chi connectivity index (χ2v) is 17.5. The Morgan fingerprint density at radius 3 is 0.765 bits per heavy atom. The summed E-state index contributed by atoms with van der Waals surface area (Å²) < 4.78 is 22.3. The van der Waals surface area contributed by atoms with Gasteiger partial charge in [-0.25, -0.2) is 4.57 Å². The quantitative estimate of drug-likeness (QED) is 0.0497. The molecule has 308 valence electrons. The maximum atomic E-state index is 12.0. The third kappa shape index (κ3) is 42.7. The van der Waals surface area contributed by atoms with E-state index in [4.69, 9.17) is 9.05 Å². The predicted octanol–water partition coefficient (Wildman–Crippen LogP) is 15.9. The summed E-state index contributed by atoms with van der Waals surface area (Å²) >= 11 is 0. The van der Waals surface area contributed by atoms with Gasteiger partial charge in [0, 0.05) is 0 Å². The molecule has 0 radical (unpaired) electrons. The van der Waals surface area contributed by atoms with Crippen LogP contribution in [0.25, 0.3) is 0 Å². The summed E-state index contributed by atoms with van der Waals surface area (Å²) in [5, 5.41) is 0. The molecule has 0 aliphatic carbocycles. The average molecular weight is 744 g/mol. The van der Waals surface area contributed by atoms with Gasteiger partial charge in [-0.2, -0.15) is 0 Å². The van der Waals surface area contributed by atoms with Gasteiger partial charge in [-0.15, -0.1) is 0 Å². The number of rotatable bonds is 45. The molecule has 0 fully saturated rings. The van der Waals surface area contributed by atoms with Crippen LogP contribution in [0.1, 0.15) is 258 Å². The van der Waals surface area contributed by atoms with Gasteiger partial charge in [-0.1, -0.05) is 226 Å². The van der Waals surface area contributed by atoms with Crippen LogP contribution in [0.5, 0.6) is 0 Å². The summed E-state index contributed by atoms with van der Waals surface area (Å²) in [5.41, 5.74) is 0. The lowest BCUT2D eigenvalue weighted by Crippen LogP contribution is -2.27. The van der Waals surface area contributed by atoms with Crippen molar-refractivity contribution in [2.45, 2.75) is 258 Å². The van der Waals surface area contributed by atoms with Crippen LogP contribution in [0.4, 0.5) is 0 Å². The molecule has 6 heteroatoms. The first-order valence-electron chi connectivity index (χ1n) is 23.4. The summed E-state index contributed by atoms with van der Waals surface area (Å²) in [4.78, 5) is 12.7. The molecule has 0 heterocycles. The number of phosphoric ester groups is 1. The van der Waals surface area contributed by atoms with Crippen molar-refractivity contribution in [2.24, 2.45) is 0 Å². The van der Waals surface area contributed by atoms with E-state index in [9.17, 15) is 9.46 Å². The third-order valence-corrected chi connectivity index (χ3v) is 11.8. The van der Waals surface area contributed by atoms with Gasteiger partial charge in [-0.05, 0) is 51.7 Å². The fourth-order valence-corrected chi connectivity index (χ4v) is 8.08. The zero-order valence-electron chi connectivity index (χ0n) is 35.3. The largest absolute Gasteiger partial charge is 0.472 e. The van der Waals surface area contributed by atoms with E-state index < -0.39 is 7.82 Å². The van der Waals surface area contributed by atoms with Crippen molar-refractivity contribution in [1.82, 2.24) is 4.90 Å². The van der Waals surface area contributed by atoms with E-state index in [1.807, 2.05) is 0 Å². The Kier molecular flexibility index (Phi) is 42.9. The van der Waals surface area contributed by atoms with Crippen LogP contribution < -0.4 is 0 Å². The number of nitrogens with zero attached hydrogens (tertiary/aromatic N) is 1. The van der Waals surface area contributed by atoms with Crippen molar-refractivity contribution < 1.29 is 18.5 Å². The Morgan fingerprint density at radius 2 is 0.529 bits per heavy atom. The number of hydrogen-bond donors (Lipinski definition) is 1. The second-order valence-electron chi connectivity index (χ2n) is 16.0. The number of unbranched alkanes of at least 4 members (excludes halogenated alkanes) is 33.